The standard InChI is InChI=1S/C15H20N2O/c18-15-6-3-5-14-11-8-12(10-17(14)15)13-4-1-2-7-16(13)9-11/h3,5-6,11-13H,1-2,4,7-10H2/t11-,12+,13-/m1/s1. The van der Waals surface area contributed by atoms with Crippen LogP contribution in [0.25, 0.3) is 0 Å². The Morgan fingerprint density at radius 1 is 1.17 bits per heavy atom. The second kappa shape index (κ2) is 3.95. The maximum absolute atomic E-state index is 12.0. The molecule has 2 fully saturated rings. The third kappa shape index (κ3) is 1.50. The van der Waals surface area contributed by atoms with Crippen LogP contribution in [-0.4, -0.2) is 28.6 Å². The molecular weight excluding hydrogens is 224 g/mol. The number of nitrogens with zero attached hydrogens (tertiary/aromatic N) is 2. The van der Waals surface area contributed by atoms with Crippen LogP contribution in [0, 0.1) is 5.92 Å². The van der Waals surface area contributed by atoms with Gasteiger partial charge in [-0.25, -0.2) is 0 Å². The molecule has 3 aliphatic heterocycles. The minimum Gasteiger partial charge on any atom is -0.312 e. The summed E-state index contributed by atoms with van der Waals surface area (Å²) in [5.74, 6) is 1.30. The predicted molar refractivity (Wildman–Crippen MR) is 70.8 cm³/mol. The van der Waals surface area contributed by atoms with Crippen molar-refractivity contribution in [3.63, 3.8) is 0 Å². The van der Waals surface area contributed by atoms with Gasteiger partial charge >= 0.3 is 0 Å². The summed E-state index contributed by atoms with van der Waals surface area (Å²) >= 11 is 0. The third-order valence-electron chi connectivity index (χ3n) is 5.17. The lowest BCUT2D eigenvalue weighted by atomic mass is 9.75. The van der Waals surface area contributed by atoms with Crippen molar-refractivity contribution in [3.8, 4) is 0 Å². The van der Waals surface area contributed by atoms with Crippen molar-refractivity contribution < 1.29 is 0 Å². The number of pyridine rings is 1. The van der Waals surface area contributed by atoms with Crippen LogP contribution in [0.5, 0.6) is 0 Å². The van der Waals surface area contributed by atoms with Crippen molar-refractivity contribution in [2.45, 2.75) is 44.2 Å². The lowest BCUT2D eigenvalue weighted by molar-refractivity contribution is 0.0248. The highest BCUT2D eigenvalue weighted by Crippen LogP contribution is 2.41. The molecule has 18 heavy (non-hydrogen) atoms. The van der Waals surface area contributed by atoms with E-state index in [1.54, 1.807) is 6.07 Å². The quantitative estimate of drug-likeness (QED) is 0.695. The number of rotatable bonds is 0. The molecule has 2 saturated heterocycles. The van der Waals surface area contributed by atoms with Gasteiger partial charge in [0.2, 0.25) is 0 Å². The number of hydrogen-bond donors (Lipinski definition) is 0. The van der Waals surface area contributed by atoms with E-state index in [1.165, 1.54) is 44.5 Å². The van der Waals surface area contributed by atoms with Crippen LogP contribution in [0.1, 0.15) is 37.3 Å². The topological polar surface area (TPSA) is 25.2 Å². The summed E-state index contributed by atoms with van der Waals surface area (Å²) in [5.41, 5.74) is 1.48. The molecule has 4 heterocycles. The van der Waals surface area contributed by atoms with Crippen LogP contribution in [-0.2, 0) is 6.54 Å². The van der Waals surface area contributed by atoms with Gasteiger partial charge in [-0.15, -0.1) is 0 Å². The van der Waals surface area contributed by atoms with Crippen molar-refractivity contribution in [1.29, 1.82) is 0 Å². The Balaban J connectivity index is 1.76. The molecular formula is C15H20N2O. The molecule has 3 aliphatic rings. The summed E-state index contributed by atoms with van der Waals surface area (Å²) in [6.07, 6.45) is 5.37. The SMILES string of the molecule is O=c1cccc2n1C[C@@H]1C[C@@H]2CN2CCCC[C@H]12. The summed E-state index contributed by atoms with van der Waals surface area (Å²) < 4.78 is 2.05. The zero-order valence-corrected chi connectivity index (χ0v) is 10.7. The van der Waals surface area contributed by atoms with Crippen LogP contribution in [0.15, 0.2) is 23.0 Å². The van der Waals surface area contributed by atoms with E-state index in [0.29, 0.717) is 11.8 Å². The van der Waals surface area contributed by atoms with Gasteiger partial charge in [-0.2, -0.15) is 0 Å². The summed E-state index contributed by atoms with van der Waals surface area (Å²) in [6, 6.07) is 6.54. The fraction of sp³-hybridized carbons (Fsp3) is 0.667. The molecule has 0 radical (unpaired) electrons. The highest BCUT2D eigenvalue weighted by atomic mass is 16.1. The van der Waals surface area contributed by atoms with Gasteiger partial charge in [0.1, 0.15) is 0 Å². The van der Waals surface area contributed by atoms with Gasteiger partial charge in [0, 0.05) is 36.8 Å². The Hall–Kier alpha value is -1.09. The Kier molecular flexibility index (Phi) is 2.37. The van der Waals surface area contributed by atoms with E-state index in [4.69, 9.17) is 0 Å². The van der Waals surface area contributed by atoms with Crippen LogP contribution in [0.4, 0.5) is 0 Å². The van der Waals surface area contributed by atoms with E-state index in [0.717, 1.165) is 12.6 Å². The summed E-state index contributed by atoms with van der Waals surface area (Å²) in [6.45, 7) is 3.39. The molecule has 0 aliphatic carbocycles. The molecule has 2 bridgehead atoms. The average molecular weight is 244 g/mol. The fourth-order valence-electron chi connectivity index (χ4n) is 4.39. The van der Waals surface area contributed by atoms with Crippen molar-refractivity contribution in [1.82, 2.24) is 9.47 Å². The third-order valence-corrected chi connectivity index (χ3v) is 5.17. The molecule has 0 unspecified atom stereocenters. The highest BCUT2D eigenvalue weighted by molar-refractivity contribution is 5.18. The molecule has 3 heteroatoms. The Bertz CT molecular complexity index is 521. The van der Waals surface area contributed by atoms with Crippen molar-refractivity contribution in [2.75, 3.05) is 13.1 Å². The second-order valence-electron chi connectivity index (χ2n) is 6.15. The van der Waals surface area contributed by atoms with Gasteiger partial charge in [0.25, 0.3) is 5.56 Å². The first-order chi connectivity index (χ1) is 8.83. The van der Waals surface area contributed by atoms with E-state index in [9.17, 15) is 4.79 Å². The summed E-state index contributed by atoms with van der Waals surface area (Å²) in [7, 11) is 0. The van der Waals surface area contributed by atoms with E-state index in [1.807, 2.05) is 10.6 Å². The molecule has 1 aromatic rings. The van der Waals surface area contributed by atoms with Gasteiger partial charge in [-0.3, -0.25) is 9.69 Å². The Morgan fingerprint density at radius 3 is 3.06 bits per heavy atom. The summed E-state index contributed by atoms with van der Waals surface area (Å²) in [4.78, 5) is 14.7. The molecule has 96 valence electrons. The minimum absolute atomic E-state index is 0.200. The Labute approximate surface area is 107 Å². The Morgan fingerprint density at radius 2 is 2.11 bits per heavy atom. The molecule has 1 aromatic heterocycles. The first kappa shape index (κ1) is 10.8. The predicted octanol–water partition coefficient (Wildman–Crippen LogP) is 1.82. The van der Waals surface area contributed by atoms with E-state index >= 15 is 0 Å². The lowest BCUT2D eigenvalue weighted by Gasteiger charge is -2.50. The number of fused-ring (bicyclic) bond motifs is 6. The maximum atomic E-state index is 12.0. The molecule has 4 rings (SSSR count). The van der Waals surface area contributed by atoms with Crippen molar-refractivity contribution >= 4 is 0 Å². The molecule has 3 atom stereocenters. The molecule has 0 aromatic carbocycles. The van der Waals surface area contributed by atoms with Crippen LogP contribution in [0.2, 0.25) is 0 Å². The number of hydrogen-bond acceptors (Lipinski definition) is 2. The van der Waals surface area contributed by atoms with E-state index in [2.05, 4.69) is 11.0 Å². The molecule has 3 nitrogen and oxygen atoms in total. The average Bonchev–Trinajstić information content (AvgIpc) is 2.40. The lowest BCUT2D eigenvalue weighted by Crippen LogP contribution is -2.54. The first-order valence-corrected chi connectivity index (χ1v) is 7.27. The van der Waals surface area contributed by atoms with Crippen LogP contribution < -0.4 is 5.56 Å². The smallest absolute Gasteiger partial charge is 0.250 e. The van der Waals surface area contributed by atoms with Crippen molar-refractivity contribution in [2.24, 2.45) is 5.92 Å². The number of piperidine rings is 2. The van der Waals surface area contributed by atoms with Gasteiger partial charge in [0.05, 0.1) is 0 Å². The molecule has 0 amide bonds. The highest BCUT2D eigenvalue weighted by Gasteiger charge is 2.41. The largest absolute Gasteiger partial charge is 0.312 e. The maximum Gasteiger partial charge on any atom is 0.250 e. The zero-order valence-electron chi connectivity index (χ0n) is 10.7. The van der Waals surface area contributed by atoms with E-state index in [-0.39, 0.29) is 5.56 Å². The van der Waals surface area contributed by atoms with Gasteiger partial charge in [-0.1, -0.05) is 12.5 Å². The molecule has 0 N–H and O–H groups in total. The number of aromatic nitrogens is 1. The first-order valence-electron chi connectivity index (χ1n) is 7.27. The van der Waals surface area contributed by atoms with Crippen molar-refractivity contribution in [3.05, 3.63) is 34.2 Å². The van der Waals surface area contributed by atoms with Gasteiger partial charge < -0.3 is 4.57 Å². The van der Waals surface area contributed by atoms with E-state index < -0.39 is 0 Å². The summed E-state index contributed by atoms with van der Waals surface area (Å²) in [5, 5.41) is 0. The van der Waals surface area contributed by atoms with Crippen LogP contribution >= 0.6 is 0 Å². The zero-order chi connectivity index (χ0) is 12.1. The second-order valence-corrected chi connectivity index (χ2v) is 6.15. The normalized spacial score (nSPS) is 34.8. The van der Waals surface area contributed by atoms with Crippen LogP contribution in [0.3, 0.4) is 0 Å². The monoisotopic (exact) mass is 244 g/mol. The molecule has 0 saturated carbocycles. The minimum atomic E-state index is 0.200. The van der Waals surface area contributed by atoms with Gasteiger partial charge in [-0.05, 0) is 37.8 Å². The fourth-order valence-corrected chi connectivity index (χ4v) is 4.39. The molecule has 0 spiro atoms. The van der Waals surface area contributed by atoms with Gasteiger partial charge in [0.15, 0.2) is 0 Å².